The molecular weight excluding hydrogens is 325 g/mol. The van der Waals surface area contributed by atoms with Gasteiger partial charge in [-0.25, -0.2) is 4.98 Å². The van der Waals surface area contributed by atoms with Crippen LogP contribution in [-0.4, -0.2) is 9.97 Å². The van der Waals surface area contributed by atoms with E-state index in [9.17, 15) is 0 Å². The Balaban J connectivity index is 2.25. The summed E-state index contributed by atoms with van der Waals surface area (Å²) in [6.45, 7) is 1.93. The van der Waals surface area contributed by atoms with Gasteiger partial charge < -0.3 is 5.32 Å². The molecular formula is C11H8BrCl2N3. The first-order valence-corrected chi connectivity index (χ1v) is 6.32. The van der Waals surface area contributed by atoms with Gasteiger partial charge in [-0.15, -0.1) is 0 Å². The maximum absolute atomic E-state index is 5.94. The minimum absolute atomic E-state index is 0.369. The summed E-state index contributed by atoms with van der Waals surface area (Å²) in [6.07, 6.45) is 1.60. The Bertz CT molecular complexity index is 511. The maximum atomic E-state index is 5.94. The standard InChI is InChI=1S/C11H8BrCl2N3/c1-6-4-7(2-3-9(6)13)16-11-15-5-8(12)10(14)17-11/h2-5H,1H3,(H,15,16,17). The lowest BCUT2D eigenvalue weighted by Crippen LogP contribution is -1.97. The van der Waals surface area contributed by atoms with E-state index in [-0.39, 0.29) is 0 Å². The molecule has 0 saturated heterocycles. The van der Waals surface area contributed by atoms with Gasteiger partial charge in [-0.05, 0) is 46.6 Å². The van der Waals surface area contributed by atoms with Gasteiger partial charge >= 0.3 is 0 Å². The maximum Gasteiger partial charge on any atom is 0.228 e. The summed E-state index contributed by atoms with van der Waals surface area (Å²) in [5.74, 6) is 0.444. The predicted molar refractivity (Wildman–Crippen MR) is 74.2 cm³/mol. The van der Waals surface area contributed by atoms with E-state index < -0.39 is 0 Å². The molecule has 1 aromatic carbocycles. The van der Waals surface area contributed by atoms with E-state index in [1.54, 1.807) is 6.20 Å². The highest BCUT2D eigenvalue weighted by Crippen LogP contribution is 2.23. The fraction of sp³-hybridized carbons (Fsp3) is 0.0909. The molecule has 0 bridgehead atoms. The van der Waals surface area contributed by atoms with Crippen molar-refractivity contribution in [3.8, 4) is 0 Å². The van der Waals surface area contributed by atoms with Crippen LogP contribution in [-0.2, 0) is 0 Å². The van der Waals surface area contributed by atoms with Gasteiger partial charge in [-0.2, -0.15) is 4.98 Å². The Labute approximate surface area is 117 Å². The van der Waals surface area contributed by atoms with E-state index in [0.29, 0.717) is 15.6 Å². The molecule has 0 aliphatic carbocycles. The molecule has 1 heterocycles. The first-order chi connectivity index (χ1) is 8.06. The number of nitrogens with one attached hydrogen (secondary N) is 1. The molecule has 88 valence electrons. The predicted octanol–water partition coefficient (Wildman–Crippen LogP) is 4.60. The van der Waals surface area contributed by atoms with Crippen molar-refractivity contribution in [2.24, 2.45) is 0 Å². The van der Waals surface area contributed by atoms with Gasteiger partial charge in [0.1, 0.15) is 5.15 Å². The molecule has 0 amide bonds. The van der Waals surface area contributed by atoms with Crippen LogP contribution in [0.3, 0.4) is 0 Å². The van der Waals surface area contributed by atoms with Crippen molar-refractivity contribution in [3.63, 3.8) is 0 Å². The minimum atomic E-state index is 0.369. The van der Waals surface area contributed by atoms with Crippen LogP contribution in [0.1, 0.15) is 5.56 Å². The Morgan fingerprint density at radius 1 is 1.29 bits per heavy atom. The second-order valence-electron chi connectivity index (χ2n) is 3.42. The molecule has 1 aromatic heterocycles. The Morgan fingerprint density at radius 2 is 2.06 bits per heavy atom. The number of benzene rings is 1. The molecule has 6 heteroatoms. The van der Waals surface area contributed by atoms with E-state index in [1.807, 2.05) is 25.1 Å². The van der Waals surface area contributed by atoms with Crippen molar-refractivity contribution in [1.82, 2.24) is 9.97 Å². The highest BCUT2D eigenvalue weighted by atomic mass is 79.9. The lowest BCUT2D eigenvalue weighted by Gasteiger charge is -2.07. The third-order valence-electron chi connectivity index (χ3n) is 2.12. The normalized spacial score (nSPS) is 10.4. The molecule has 0 atom stereocenters. The lowest BCUT2D eigenvalue weighted by atomic mass is 10.2. The van der Waals surface area contributed by atoms with Crippen LogP contribution >= 0.6 is 39.1 Å². The molecule has 17 heavy (non-hydrogen) atoms. The number of aromatic nitrogens is 2. The third kappa shape index (κ3) is 3.09. The zero-order valence-electron chi connectivity index (χ0n) is 8.84. The van der Waals surface area contributed by atoms with Crippen LogP contribution < -0.4 is 5.32 Å². The van der Waals surface area contributed by atoms with E-state index >= 15 is 0 Å². The molecule has 0 spiro atoms. The Kier molecular flexibility index (Phi) is 3.86. The molecule has 2 aromatic rings. The smallest absolute Gasteiger partial charge is 0.228 e. The average Bonchev–Trinajstić information content (AvgIpc) is 2.29. The van der Waals surface area contributed by atoms with Crippen molar-refractivity contribution in [1.29, 1.82) is 0 Å². The molecule has 3 nitrogen and oxygen atoms in total. The molecule has 1 N–H and O–H groups in total. The summed E-state index contributed by atoms with van der Waals surface area (Å²) in [6, 6.07) is 5.59. The van der Waals surface area contributed by atoms with Crippen LogP contribution in [0.4, 0.5) is 11.6 Å². The quantitative estimate of drug-likeness (QED) is 0.817. The third-order valence-corrected chi connectivity index (χ3v) is 3.64. The van der Waals surface area contributed by atoms with Crippen molar-refractivity contribution in [3.05, 3.63) is 44.6 Å². The van der Waals surface area contributed by atoms with Gasteiger partial charge in [-0.3, -0.25) is 0 Å². The van der Waals surface area contributed by atoms with Gasteiger partial charge in [0.25, 0.3) is 0 Å². The van der Waals surface area contributed by atoms with Crippen molar-refractivity contribution in [2.75, 3.05) is 5.32 Å². The second-order valence-corrected chi connectivity index (χ2v) is 5.04. The van der Waals surface area contributed by atoms with E-state index in [1.165, 1.54) is 0 Å². The van der Waals surface area contributed by atoms with E-state index in [2.05, 4.69) is 31.2 Å². The van der Waals surface area contributed by atoms with E-state index in [0.717, 1.165) is 16.3 Å². The van der Waals surface area contributed by atoms with E-state index in [4.69, 9.17) is 23.2 Å². The molecule has 0 unspecified atom stereocenters. The summed E-state index contributed by atoms with van der Waals surface area (Å²) in [7, 11) is 0. The Hall–Kier alpha value is -0.840. The molecule has 2 rings (SSSR count). The van der Waals surface area contributed by atoms with Gasteiger partial charge in [0.15, 0.2) is 0 Å². The van der Waals surface area contributed by atoms with Crippen LogP contribution in [0.5, 0.6) is 0 Å². The first kappa shape index (κ1) is 12.6. The van der Waals surface area contributed by atoms with Crippen molar-refractivity contribution < 1.29 is 0 Å². The Morgan fingerprint density at radius 3 is 2.71 bits per heavy atom. The second kappa shape index (κ2) is 5.21. The summed E-state index contributed by atoms with van der Waals surface area (Å²) < 4.78 is 0.664. The molecule has 0 saturated carbocycles. The SMILES string of the molecule is Cc1cc(Nc2ncc(Br)c(Cl)n2)ccc1Cl. The number of hydrogen-bond donors (Lipinski definition) is 1. The minimum Gasteiger partial charge on any atom is -0.324 e. The fourth-order valence-corrected chi connectivity index (χ4v) is 1.70. The summed E-state index contributed by atoms with van der Waals surface area (Å²) >= 11 is 15.1. The van der Waals surface area contributed by atoms with Crippen LogP contribution in [0.15, 0.2) is 28.9 Å². The topological polar surface area (TPSA) is 37.8 Å². The summed E-state index contributed by atoms with van der Waals surface area (Å²) in [5.41, 5.74) is 1.85. The molecule has 0 fully saturated rings. The fourth-order valence-electron chi connectivity index (χ4n) is 1.26. The largest absolute Gasteiger partial charge is 0.324 e. The molecule has 0 radical (unpaired) electrons. The number of nitrogens with zero attached hydrogens (tertiary/aromatic N) is 2. The first-order valence-electron chi connectivity index (χ1n) is 4.77. The highest BCUT2D eigenvalue weighted by molar-refractivity contribution is 9.10. The monoisotopic (exact) mass is 331 g/mol. The van der Waals surface area contributed by atoms with Crippen LogP contribution in [0.2, 0.25) is 10.2 Å². The number of aryl methyl sites for hydroxylation is 1. The van der Waals surface area contributed by atoms with Gasteiger partial charge in [0.05, 0.1) is 4.47 Å². The van der Waals surface area contributed by atoms with Crippen molar-refractivity contribution in [2.45, 2.75) is 6.92 Å². The summed E-state index contributed by atoms with van der Waals surface area (Å²) in [4.78, 5) is 8.18. The molecule has 0 aliphatic heterocycles. The summed E-state index contributed by atoms with van der Waals surface area (Å²) in [5, 5.41) is 4.15. The highest BCUT2D eigenvalue weighted by Gasteiger charge is 2.03. The lowest BCUT2D eigenvalue weighted by molar-refractivity contribution is 1.15. The van der Waals surface area contributed by atoms with Gasteiger partial charge in [0, 0.05) is 16.9 Å². The zero-order chi connectivity index (χ0) is 12.4. The van der Waals surface area contributed by atoms with Crippen molar-refractivity contribution >= 4 is 50.8 Å². The average molecular weight is 333 g/mol. The number of hydrogen-bond acceptors (Lipinski definition) is 3. The zero-order valence-corrected chi connectivity index (χ0v) is 11.9. The molecule has 0 aliphatic rings. The number of halogens is 3. The van der Waals surface area contributed by atoms with Crippen LogP contribution in [0, 0.1) is 6.92 Å². The van der Waals surface area contributed by atoms with Gasteiger partial charge in [0.2, 0.25) is 5.95 Å². The van der Waals surface area contributed by atoms with Gasteiger partial charge in [-0.1, -0.05) is 23.2 Å². The number of rotatable bonds is 2. The number of anilines is 2. The van der Waals surface area contributed by atoms with Crippen LogP contribution in [0.25, 0.3) is 0 Å².